The summed E-state index contributed by atoms with van der Waals surface area (Å²) in [7, 11) is -2.07. The van der Waals surface area contributed by atoms with Crippen LogP contribution in [0.1, 0.15) is 100 Å². The van der Waals surface area contributed by atoms with E-state index in [-0.39, 0.29) is 102 Å². The van der Waals surface area contributed by atoms with Crippen LogP contribution in [0, 0.1) is 20.2 Å². The predicted octanol–water partition coefficient (Wildman–Crippen LogP) is 7.50. The van der Waals surface area contributed by atoms with Crippen LogP contribution in [0.25, 0.3) is 0 Å². The monoisotopic (exact) mass is 916 g/mol. The Labute approximate surface area is 371 Å². The summed E-state index contributed by atoms with van der Waals surface area (Å²) in [5.41, 5.74) is -1.45. The average molecular weight is 917 g/mol. The zero-order chi connectivity index (χ0) is 47.2. The van der Waals surface area contributed by atoms with Gasteiger partial charge in [-0.05, 0) is 68.4 Å². The molecule has 0 bridgehead atoms. The second kappa shape index (κ2) is 20.3. The lowest BCUT2D eigenvalue weighted by Crippen LogP contribution is -2.46. The summed E-state index contributed by atoms with van der Waals surface area (Å²) in [6.45, 7) is 18.0. The molecule has 4 rings (SSSR count). The van der Waals surface area contributed by atoms with Crippen LogP contribution in [0.5, 0.6) is 23.0 Å². The van der Waals surface area contributed by atoms with Crippen molar-refractivity contribution in [2.24, 2.45) is 0 Å². The highest BCUT2D eigenvalue weighted by atomic mass is 28.4. The van der Waals surface area contributed by atoms with Gasteiger partial charge < -0.3 is 38.0 Å². The average Bonchev–Trinajstić information content (AvgIpc) is 3.77. The molecule has 0 saturated carbocycles. The molecule has 2 aliphatic rings. The fraction of sp³-hybridized carbons (Fsp3) is 0.628. The second-order valence-electron chi connectivity index (χ2n) is 19.0. The first-order valence-electron chi connectivity index (χ1n) is 21.2. The third kappa shape index (κ3) is 12.2. The van der Waals surface area contributed by atoms with Crippen LogP contribution in [-0.2, 0) is 14.0 Å². The molecular weight excluding hydrogens is 853 g/mol. The van der Waals surface area contributed by atoms with E-state index in [0.29, 0.717) is 32.1 Å². The number of rotatable bonds is 21. The summed E-state index contributed by atoms with van der Waals surface area (Å²) in [6.07, 6.45) is 2.75. The number of Topliss-reactive ketones (excluding diaryl/α,β-unsaturated/α-hetero) is 2. The van der Waals surface area contributed by atoms with Crippen molar-refractivity contribution in [3.8, 4) is 23.0 Å². The number of carbonyl (C=O) groups excluding carboxylic acids is 4. The van der Waals surface area contributed by atoms with Gasteiger partial charge in [0.05, 0.1) is 75.2 Å². The predicted molar refractivity (Wildman–Crippen MR) is 239 cm³/mol. The number of methoxy groups -OCH3 is 2. The van der Waals surface area contributed by atoms with Crippen LogP contribution in [0.3, 0.4) is 0 Å². The van der Waals surface area contributed by atoms with Gasteiger partial charge in [0.1, 0.15) is 11.1 Å². The molecule has 63 heavy (non-hydrogen) atoms. The molecule has 0 aliphatic carbocycles. The second-order valence-corrected chi connectivity index (χ2v) is 28.3. The molecule has 2 aliphatic heterocycles. The van der Waals surface area contributed by atoms with Crippen LogP contribution in [0.15, 0.2) is 24.3 Å². The molecule has 2 atom stereocenters. The van der Waals surface area contributed by atoms with Crippen molar-refractivity contribution < 1.29 is 57.2 Å². The highest BCUT2D eigenvalue weighted by molar-refractivity contribution is 6.74. The van der Waals surface area contributed by atoms with Crippen molar-refractivity contribution in [3.05, 3.63) is 55.6 Å². The Morgan fingerprint density at radius 1 is 0.730 bits per heavy atom. The van der Waals surface area contributed by atoms with E-state index in [1.807, 2.05) is 26.9 Å². The van der Waals surface area contributed by atoms with Gasteiger partial charge in [-0.3, -0.25) is 39.4 Å². The summed E-state index contributed by atoms with van der Waals surface area (Å²) in [4.78, 5) is 89.3. The van der Waals surface area contributed by atoms with Gasteiger partial charge >= 0.3 is 0 Å². The van der Waals surface area contributed by atoms with E-state index in [9.17, 15) is 44.2 Å². The topological polar surface area (TPSA) is 227 Å². The quantitative estimate of drug-likeness (QED) is 0.0554. The Balaban J connectivity index is 1.38. The maximum Gasteiger partial charge on any atom is 0.286 e. The van der Waals surface area contributed by atoms with Gasteiger partial charge in [0.2, 0.25) is 0 Å². The summed E-state index contributed by atoms with van der Waals surface area (Å²) in [5.74, 6) is -1.33. The maximum atomic E-state index is 13.8. The fourth-order valence-electron chi connectivity index (χ4n) is 7.09. The van der Waals surface area contributed by atoms with Gasteiger partial charge in [-0.25, -0.2) is 0 Å². The third-order valence-electron chi connectivity index (χ3n) is 12.9. The van der Waals surface area contributed by atoms with Crippen molar-refractivity contribution in [1.82, 2.24) is 9.80 Å². The molecule has 20 heteroatoms. The van der Waals surface area contributed by atoms with Crippen LogP contribution < -0.4 is 18.9 Å². The zero-order valence-electron chi connectivity index (χ0n) is 38.5. The number of carbonyl (C=O) groups is 4. The molecule has 1 N–H and O–H groups in total. The SMILES string of the molecule is COc1cc(C(=O)N2CC(=O)C[C@H]2CCC(C)(C)[Si](C)(C)O)c([N+](=O)[O-])cc1OCCCCCOc1cc([N+](=O)[O-])c(C(=O)N2CC(=O)C[C@H]2CO[Si](C)(C)C(C)(C)C)cc1OC. The number of hydrogen-bond acceptors (Lipinski definition) is 14. The number of ether oxygens (including phenoxy) is 4. The molecule has 0 spiro atoms. The standard InChI is InChI=1S/C43H64N4O14Si2/c1-42(2,3)63(10,11)61-27-29-20-31(49)26-45(29)41(51)33-22-37(58-7)39(24-35(33)47(54)55)60-18-14-12-13-17-59-38-23-34(46(52)53)32(21-36(38)57-6)40(50)44-25-30(48)19-28(44)15-16-43(4,5)62(8,9)56/h21-24,28-29,56H,12-20,25-27H2,1-11H3/t28-,29+/m1/s1. The Kier molecular flexibility index (Phi) is 16.3. The van der Waals surface area contributed by atoms with Crippen molar-refractivity contribution in [1.29, 1.82) is 0 Å². The van der Waals surface area contributed by atoms with E-state index in [0.717, 1.165) is 12.1 Å². The molecule has 2 fully saturated rings. The minimum Gasteiger partial charge on any atom is -0.493 e. The molecular formula is C43H64N4O14Si2. The van der Waals surface area contributed by atoms with Crippen molar-refractivity contribution >= 4 is 51.4 Å². The minimum atomic E-state index is -2.55. The first-order valence-corrected chi connectivity index (χ1v) is 27.1. The van der Waals surface area contributed by atoms with Gasteiger partial charge in [0.25, 0.3) is 23.2 Å². The molecule has 2 aromatic carbocycles. The normalized spacial score (nSPS) is 17.3. The molecule has 0 unspecified atom stereocenters. The van der Waals surface area contributed by atoms with Gasteiger partial charge in [0, 0.05) is 31.0 Å². The van der Waals surface area contributed by atoms with Gasteiger partial charge in [-0.15, -0.1) is 0 Å². The van der Waals surface area contributed by atoms with Crippen molar-refractivity contribution in [3.63, 3.8) is 0 Å². The lowest BCUT2D eigenvalue weighted by Gasteiger charge is -2.37. The summed E-state index contributed by atoms with van der Waals surface area (Å²) < 4.78 is 29.0. The summed E-state index contributed by atoms with van der Waals surface area (Å²) in [5, 5.41) is 24.0. The number of nitro groups is 2. The lowest BCUT2D eigenvalue weighted by atomic mass is 10.00. The van der Waals surface area contributed by atoms with Gasteiger partial charge in [-0.2, -0.15) is 0 Å². The summed E-state index contributed by atoms with van der Waals surface area (Å²) in [6, 6.07) is 3.77. The number of hydrogen-bond donors (Lipinski definition) is 1. The number of benzene rings is 2. The highest BCUT2D eigenvalue weighted by Crippen LogP contribution is 2.43. The molecule has 348 valence electrons. The van der Waals surface area contributed by atoms with E-state index >= 15 is 0 Å². The first-order chi connectivity index (χ1) is 29.2. The molecule has 2 heterocycles. The van der Waals surface area contributed by atoms with E-state index in [1.54, 1.807) is 0 Å². The lowest BCUT2D eigenvalue weighted by molar-refractivity contribution is -0.385. The largest absolute Gasteiger partial charge is 0.493 e. The van der Waals surface area contributed by atoms with Crippen LogP contribution in [-0.4, -0.2) is 124 Å². The number of amides is 2. The van der Waals surface area contributed by atoms with Gasteiger partial charge in [0.15, 0.2) is 51.2 Å². The molecule has 2 amide bonds. The Morgan fingerprint density at radius 3 is 1.56 bits per heavy atom. The zero-order valence-corrected chi connectivity index (χ0v) is 40.5. The molecule has 2 saturated heterocycles. The number of nitro benzene ring substituents is 2. The molecule has 18 nitrogen and oxygen atoms in total. The third-order valence-corrected chi connectivity index (χ3v) is 21.0. The number of nitrogens with zero attached hydrogens (tertiary/aromatic N) is 4. The molecule has 0 radical (unpaired) electrons. The van der Waals surface area contributed by atoms with E-state index in [2.05, 4.69) is 33.9 Å². The van der Waals surface area contributed by atoms with Crippen molar-refractivity contribution in [2.75, 3.05) is 47.1 Å². The Morgan fingerprint density at radius 2 is 1.16 bits per heavy atom. The van der Waals surface area contributed by atoms with E-state index < -0.39 is 61.8 Å². The first kappa shape index (κ1) is 50.7. The van der Waals surface area contributed by atoms with Gasteiger partial charge in [-0.1, -0.05) is 34.6 Å². The molecule has 0 aromatic heterocycles. The Bertz CT molecular complexity index is 1920. The highest BCUT2D eigenvalue weighted by Gasteiger charge is 2.44. The Hall–Kier alpha value is -4.93. The van der Waals surface area contributed by atoms with Crippen LogP contribution in [0.2, 0.25) is 36.3 Å². The van der Waals surface area contributed by atoms with Crippen LogP contribution >= 0.6 is 0 Å². The van der Waals surface area contributed by atoms with Crippen molar-refractivity contribution in [2.45, 2.75) is 128 Å². The number of likely N-dealkylation sites (tertiary alicyclic amines) is 2. The van der Waals surface area contributed by atoms with E-state index in [4.69, 9.17) is 23.4 Å². The van der Waals surface area contributed by atoms with E-state index in [1.165, 1.54) is 36.2 Å². The number of unbranched alkanes of at least 4 members (excludes halogenated alkanes) is 2. The maximum absolute atomic E-state index is 13.8. The molecule has 2 aromatic rings. The minimum absolute atomic E-state index is 0.0577. The van der Waals surface area contributed by atoms with Crippen LogP contribution in [0.4, 0.5) is 11.4 Å². The number of ketones is 2. The fourth-order valence-corrected chi connectivity index (χ4v) is 8.89. The smallest absolute Gasteiger partial charge is 0.286 e. The summed E-state index contributed by atoms with van der Waals surface area (Å²) >= 11 is 0.